The average Bonchev–Trinajstić information content (AvgIpc) is 2.74. The van der Waals surface area contributed by atoms with E-state index >= 15 is 0 Å². The lowest BCUT2D eigenvalue weighted by Gasteiger charge is -2.10. The molecule has 31 heavy (non-hydrogen) atoms. The summed E-state index contributed by atoms with van der Waals surface area (Å²) >= 11 is 1.25. The smallest absolute Gasteiger partial charge is 0.271 e. The number of nitrogens with one attached hydrogen (secondary N) is 2. The highest BCUT2D eigenvalue weighted by atomic mass is 32.2. The molecule has 2 amide bonds. The van der Waals surface area contributed by atoms with E-state index in [1.165, 1.54) is 35.0 Å². The Balaban J connectivity index is 1.62. The van der Waals surface area contributed by atoms with Crippen LogP contribution in [0.3, 0.4) is 0 Å². The van der Waals surface area contributed by atoms with E-state index in [0.717, 1.165) is 0 Å². The predicted octanol–water partition coefficient (Wildman–Crippen LogP) is 4.05. The lowest BCUT2D eigenvalue weighted by Crippen LogP contribution is -2.21. The molecular weight excluding hydrogens is 412 g/mol. The normalized spacial score (nSPS) is 10.7. The second kappa shape index (κ2) is 10.1. The lowest BCUT2D eigenvalue weighted by atomic mass is 10.0. The minimum absolute atomic E-state index is 0.144. The first-order chi connectivity index (χ1) is 14.8. The molecule has 0 atom stereocenters. The third-order valence-electron chi connectivity index (χ3n) is 4.42. The minimum Gasteiger partial charge on any atom is -0.326 e. The van der Waals surface area contributed by atoms with Gasteiger partial charge in [-0.3, -0.25) is 14.4 Å². The van der Waals surface area contributed by atoms with Gasteiger partial charge < -0.3 is 10.6 Å². The van der Waals surface area contributed by atoms with Gasteiger partial charge in [-0.15, -0.1) is 0 Å². The molecule has 0 saturated heterocycles. The lowest BCUT2D eigenvalue weighted by molar-refractivity contribution is -0.114. The molecule has 8 heteroatoms. The molecule has 0 aliphatic carbocycles. The molecule has 0 saturated carbocycles. The summed E-state index contributed by atoms with van der Waals surface area (Å²) in [5.41, 5.74) is 2.92. The molecule has 160 valence electrons. The Morgan fingerprint density at radius 1 is 0.935 bits per heavy atom. The molecule has 3 rings (SSSR count). The Morgan fingerprint density at radius 2 is 1.55 bits per heavy atom. The minimum atomic E-state index is -0.231. The van der Waals surface area contributed by atoms with E-state index in [1.807, 2.05) is 24.3 Å². The van der Waals surface area contributed by atoms with E-state index in [-0.39, 0.29) is 23.1 Å². The van der Waals surface area contributed by atoms with Crippen molar-refractivity contribution in [2.45, 2.75) is 31.7 Å². The van der Waals surface area contributed by atoms with Crippen molar-refractivity contribution >= 4 is 35.0 Å². The van der Waals surface area contributed by atoms with E-state index in [1.54, 1.807) is 30.3 Å². The van der Waals surface area contributed by atoms with Crippen LogP contribution in [0.2, 0.25) is 0 Å². The molecule has 0 unspecified atom stereocenters. The van der Waals surface area contributed by atoms with Gasteiger partial charge >= 0.3 is 0 Å². The van der Waals surface area contributed by atoms with Crippen molar-refractivity contribution < 1.29 is 9.59 Å². The maximum atomic E-state index is 12.3. The van der Waals surface area contributed by atoms with Crippen LogP contribution in [-0.2, 0) is 9.59 Å². The van der Waals surface area contributed by atoms with Crippen LogP contribution >= 0.6 is 11.8 Å². The molecule has 0 spiro atoms. The van der Waals surface area contributed by atoms with Crippen LogP contribution in [0.25, 0.3) is 5.69 Å². The molecule has 1 aromatic heterocycles. The second-order valence-corrected chi connectivity index (χ2v) is 8.26. The van der Waals surface area contributed by atoms with Crippen molar-refractivity contribution in [3.8, 4) is 5.69 Å². The molecule has 7 nitrogen and oxygen atoms in total. The van der Waals surface area contributed by atoms with Crippen LogP contribution in [0.4, 0.5) is 11.4 Å². The number of thioether (sulfide) groups is 1. The van der Waals surface area contributed by atoms with Gasteiger partial charge in [0.05, 0.1) is 11.4 Å². The second-order valence-electron chi connectivity index (χ2n) is 7.26. The number of hydrogen-bond donors (Lipinski definition) is 2. The van der Waals surface area contributed by atoms with Crippen molar-refractivity contribution in [2.75, 3.05) is 16.4 Å². The van der Waals surface area contributed by atoms with Gasteiger partial charge in [0, 0.05) is 24.4 Å². The first-order valence-corrected chi connectivity index (χ1v) is 10.8. The standard InChI is InChI=1S/C23H24N4O3S/c1-15(2)17-4-10-20(11-5-17)27-23(30)13-12-22(26-27)31-14-21(29)25-19-8-6-18(7-9-19)24-16(3)28/h4-13,15H,14H2,1-3H3,(H,24,28)(H,25,29). The van der Waals surface area contributed by atoms with E-state index < -0.39 is 0 Å². The van der Waals surface area contributed by atoms with Crippen LogP contribution in [0.1, 0.15) is 32.3 Å². The van der Waals surface area contributed by atoms with Gasteiger partial charge in [-0.1, -0.05) is 37.7 Å². The number of hydrogen-bond acceptors (Lipinski definition) is 5. The first kappa shape index (κ1) is 22.3. The molecule has 0 aliphatic heterocycles. The molecule has 3 aromatic rings. The topological polar surface area (TPSA) is 93.1 Å². The third kappa shape index (κ3) is 6.29. The SMILES string of the molecule is CC(=O)Nc1ccc(NC(=O)CSc2ccc(=O)n(-c3ccc(C(C)C)cc3)n2)cc1. The van der Waals surface area contributed by atoms with Gasteiger partial charge in [0.25, 0.3) is 5.56 Å². The Labute approximate surface area is 184 Å². The summed E-state index contributed by atoms with van der Waals surface area (Å²) in [6.45, 7) is 5.66. The monoisotopic (exact) mass is 436 g/mol. The van der Waals surface area contributed by atoms with E-state index in [4.69, 9.17) is 0 Å². The van der Waals surface area contributed by atoms with Crippen molar-refractivity contribution in [1.82, 2.24) is 9.78 Å². The number of nitrogens with zero attached hydrogens (tertiary/aromatic N) is 2. The Hall–Kier alpha value is -3.39. The summed E-state index contributed by atoms with van der Waals surface area (Å²) in [6, 6.07) is 17.6. The van der Waals surface area contributed by atoms with Crippen LogP contribution < -0.4 is 16.2 Å². The number of aromatic nitrogens is 2. The molecule has 0 bridgehead atoms. The molecular formula is C23H24N4O3S. The zero-order valence-corrected chi connectivity index (χ0v) is 18.4. The Morgan fingerprint density at radius 3 is 2.13 bits per heavy atom. The maximum Gasteiger partial charge on any atom is 0.271 e. The van der Waals surface area contributed by atoms with Crippen molar-refractivity contribution in [3.63, 3.8) is 0 Å². The van der Waals surface area contributed by atoms with Crippen molar-refractivity contribution in [3.05, 3.63) is 76.6 Å². The number of benzene rings is 2. The largest absolute Gasteiger partial charge is 0.326 e. The average molecular weight is 437 g/mol. The van der Waals surface area contributed by atoms with Crippen molar-refractivity contribution in [2.24, 2.45) is 0 Å². The fourth-order valence-electron chi connectivity index (χ4n) is 2.83. The van der Waals surface area contributed by atoms with Gasteiger partial charge in [-0.05, 0) is 53.9 Å². The molecule has 0 aliphatic rings. The van der Waals surface area contributed by atoms with Crippen LogP contribution in [-0.4, -0.2) is 27.3 Å². The summed E-state index contributed by atoms with van der Waals surface area (Å²) < 4.78 is 1.34. The Bertz CT molecular complexity index is 1120. The first-order valence-electron chi connectivity index (χ1n) is 9.83. The summed E-state index contributed by atoms with van der Waals surface area (Å²) in [7, 11) is 0. The van der Waals surface area contributed by atoms with Gasteiger partial charge in [0.15, 0.2) is 0 Å². The number of anilines is 2. The number of rotatable bonds is 7. The predicted molar refractivity (Wildman–Crippen MR) is 124 cm³/mol. The fraction of sp³-hybridized carbons (Fsp3) is 0.217. The molecule has 0 radical (unpaired) electrons. The van der Waals surface area contributed by atoms with Crippen LogP contribution in [0.5, 0.6) is 0 Å². The Kier molecular flexibility index (Phi) is 7.25. The summed E-state index contributed by atoms with van der Waals surface area (Å²) in [5.74, 6) is 0.196. The number of amides is 2. The fourth-order valence-corrected chi connectivity index (χ4v) is 3.49. The summed E-state index contributed by atoms with van der Waals surface area (Å²) in [6.07, 6.45) is 0. The van der Waals surface area contributed by atoms with Gasteiger partial charge in [0.1, 0.15) is 5.03 Å². The van der Waals surface area contributed by atoms with E-state index in [0.29, 0.717) is 28.0 Å². The zero-order valence-electron chi connectivity index (χ0n) is 17.6. The number of carbonyl (C=O) groups excluding carboxylic acids is 2. The van der Waals surface area contributed by atoms with Gasteiger partial charge in [0.2, 0.25) is 11.8 Å². The van der Waals surface area contributed by atoms with Crippen molar-refractivity contribution in [1.29, 1.82) is 0 Å². The maximum absolute atomic E-state index is 12.3. The molecule has 0 fully saturated rings. The zero-order chi connectivity index (χ0) is 22.4. The summed E-state index contributed by atoms with van der Waals surface area (Å²) in [5, 5.41) is 10.4. The van der Waals surface area contributed by atoms with Crippen LogP contribution in [0.15, 0.2) is 70.5 Å². The quantitative estimate of drug-likeness (QED) is 0.545. The molecule has 2 N–H and O–H groups in total. The third-order valence-corrected chi connectivity index (χ3v) is 5.34. The van der Waals surface area contributed by atoms with E-state index in [2.05, 4.69) is 29.6 Å². The highest BCUT2D eigenvalue weighted by Crippen LogP contribution is 2.19. The highest BCUT2D eigenvalue weighted by molar-refractivity contribution is 7.99. The summed E-state index contributed by atoms with van der Waals surface area (Å²) in [4.78, 5) is 35.6. The molecule has 2 aromatic carbocycles. The highest BCUT2D eigenvalue weighted by Gasteiger charge is 2.08. The molecule has 1 heterocycles. The number of carbonyl (C=O) groups is 2. The van der Waals surface area contributed by atoms with Crippen LogP contribution in [0, 0.1) is 0 Å². The van der Waals surface area contributed by atoms with Gasteiger partial charge in [-0.2, -0.15) is 9.78 Å². The van der Waals surface area contributed by atoms with E-state index in [9.17, 15) is 14.4 Å². The van der Waals surface area contributed by atoms with Gasteiger partial charge in [-0.25, -0.2) is 0 Å².